The molecular weight excluding hydrogens is 479 g/mol. The van der Waals surface area contributed by atoms with Crippen molar-refractivity contribution in [1.82, 2.24) is 0 Å². The van der Waals surface area contributed by atoms with E-state index in [2.05, 4.69) is 0 Å². The van der Waals surface area contributed by atoms with Crippen LogP contribution in [0.1, 0.15) is 58.9 Å². The van der Waals surface area contributed by atoms with Crippen LogP contribution in [0.5, 0.6) is 0 Å². The Balaban J connectivity index is 1.73. The summed E-state index contributed by atoms with van der Waals surface area (Å²) in [6.07, 6.45) is -9.80. The van der Waals surface area contributed by atoms with Crippen molar-refractivity contribution in [2.45, 2.75) is 50.2 Å². The topological polar surface area (TPSA) is 36.2 Å². The average Bonchev–Trinajstić information content (AvgIpc) is 2.78. The number of alkyl halides is 6. The van der Waals surface area contributed by atoms with Crippen molar-refractivity contribution in [3.8, 4) is 0 Å². The van der Waals surface area contributed by atoms with Gasteiger partial charge < -0.3 is 9.94 Å². The molecule has 1 aliphatic rings. The Bertz CT molecular complexity index is 1170. The number of benzene rings is 2. The van der Waals surface area contributed by atoms with E-state index in [-0.39, 0.29) is 11.6 Å². The third-order valence-electron chi connectivity index (χ3n) is 6.14. The third-order valence-corrected chi connectivity index (χ3v) is 6.14. The summed E-state index contributed by atoms with van der Waals surface area (Å²) in [5, 5.41) is 12.7. The zero-order chi connectivity index (χ0) is 25.5. The molecule has 0 saturated heterocycles. The summed E-state index contributed by atoms with van der Waals surface area (Å²) in [6.45, 7) is 1.36. The SMILES string of the molecule is C[C@@H](O[C@H]1CCc2ccc[n+]([O-])c2[C@@H]1c1ccc(F)cc1)c1cc(C(F)(F)F)cc(C(F)(F)F)c1. The van der Waals surface area contributed by atoms with E-state index in [4.69, 9.17) is 4.74 Å². The van der Waals surface area contributed by atoms with E-state index in [0.29, 0.717) is 41.0 Å². The molecule has 186 valence electrons. The molecule has 2 aromatic carbocycles. The van der Waals surface area contributed by atoms with Gasteiger partial charge in [-0.2, -0.15) is 31.1 Å². The predicted octanol–water partition coefficient (Wildman–Crippen LogP) is 6.72. The Labute approximate surface area is 196 Å². The number of hydrogen-bond donors (Lipinski definition) is 0. The van der Waals surface area contributed by atoms with Gasteiger partial charge in [-0.25, -0.2) is 4.39 Å². The number of hydrogen-bond acceptors (Lipinski definition) is 2. The summed E-state index contributed by atoms with van der Waals surface area (Å²) in [5.41, 5.74) is -1.52. The molecule has 0 N–H and O–H groups in total. The lowest BCUT2D eigenvalue weighted by molar-refractivity contribution is -0.616. The second kappa shape index (κ2) is 9.14. The lowest BCUT2D eigenvalue weighted by atomic mass is 9.79. The van der Waals surface area contributed by atoms with Gasteiger partial charge in [-0.3, -0.25) is 0 Å². The first-order chi connectivity index (χ1) is 16.3. The minimum absolute atomic E-state index is 0.0642. The molecule has 0 bridgehead atoms. The fourth-order valence-electron chi connectivity index (χ4n) is 4.48. The van der Waals surface area contributed by atoms with Gasteiger partial charge in [0.15, 0.2) is 6.20 Å². The van der Waals surface area contributed by atoms with Crippen LogP contribution in [0, 0.1) is 11.0 Å². The molecule has 1 heterocycles. The van der Waals surface area contributed by atoms with Crippen molar-refractivity contribution in [2.75, 3.05) is 0 Å². The first kappa shape index (κ1) is 25.0. The number of pyridine rings is 1. The van der Waals surface area contributed by atoms with Gasteiger partial charge in [0.25, 0.3) is 0 Å². The van der Waals surface area contributed by atoms with E-state index < -0.39 is 47.4 Å². The zero-order valence-corrected chi connectivity index (χ0v) is 18.3. The first-order valence-electron chi connectivity index (χ1n) is 10.8. The molecule has 10 heteroatoms. The highest BCUT2D eigenvalue weighted by molar-refractivity contribution is 5.37. The Hall–Kier alpha value is -3.14. The lowest BCUT2D eigenvalue weighted by Gasteiger charge is -2.34. The maximum Gasteiger partial charge on any atom is 0.416 e. The van der Waals surface area contributed by atoms with Crippen molar-refractivity contribution in [3.05, 3.63) is 105 Å². The fourth-order valence-corrected chi connectivity index (χ4v) is 4.48. The molecule has 0 saturated carbocycles. The molecule has 0 aliphatic heterocycles. The number of rotatable bonds is 4. The molecule has 1 aliphatic carbocycles. The molecule has 0 unspecified atom stereocenters. The van der Waals surface area contributed by atoms with Crippen LogP contribution in [0.2, 0.25) is 0 Å². The number of aromatic nitrogens is 1. The monoisotopic (exact) mass is 499 g/mol. The summed E-state index contributed by atoms with van der Waals surface area (Å²) >= 11 is 0. The Morgan fingerprint density at radius 1 is 0.943 bits per heavy atom. The molecule has 35 heavy (non-hydrogen) atoms. The van der Waals surface area contributed by atoms with E-state index >= 15 is 0 Å². The normalized spacial score (nSPS) is 19.3. The van der Waals surface area contributed by atoms with Gasteiger partial charge >= 0.3 is 12.4 Å². The van der Waals surface area contributed by atoms with Crippen LogP contribution in [0.3, 0.4) is 0 Å². The van der Waals surface area contributed by atoms with Crippen molar-refractivity contribution >= 4 is 0 Å². The van der Waals surface area contributed by atoms with Gasteiger partial charge in [0.1, 0.15) is 5.82 Å². The van der Waals surface area contributed by atoms with Crippen molar-refractivity contribution in [3.63, 3.8) is 0 Å². The first-order valence-corrected chi connectivity index (χ1v) is 10.8. The lowest BCUT2D eigenvalue weighted by Crippen LogP contribution is -2.42. The van der Waals surface area contributed by atoms with Crippen LogP contribution in [0.25, 0.3) is 0 Å². The molecular formula is C25H20F7NO2. The Morgan fingerprint density at radius 3 is 2.11 bits per heavy atom. The van der Waals surface area contributed by atoms with Crippen LogP contribution in [-0.2, 0) is 23.5 Å². The van der Waals surface area contributed by atoms with Crippen LogP contribution in [-0.4, -0.2) is 6.10 Å². The van der Waals surface area contributed by atoms with E-state index in [9.17, 15) is 35.9 Å². The fraction of sp³-hybridized carbons (Fsp3) is 0.320. The quantitative estimate of drug-likeness (QED) is 0.227. The zero-order valence-electron chi connectivity index (χ0n) is 18.3. The highest BCUT2D eigenvalue weighted by Crippen LogP contribution is 2.41. The number of halogens is 7. The number of fused-ring (bicyclic) bond motifs is 1. The largest absolute Gasteiger partial charge is 0.618 e. The van der Waals surface area contributed by atoms with Gasteiger partial charge in [-0.1, -0.05) is 12.1 Å². The summed E-state index contributed by atoms with van der Waals surface area (Å²) in [6, 6.07) is 10.1. The molecule has 3 nitrogen and oxygen atoms in total. The van der Waals surface area contributed by atoms with E-state index in [0.717, 1.165) is 5.56 Å². The Morgan fingerprint density at radius 2 is 1.54 bits per heavy atom. The third kappa shape index (κ3) is 5.27. The summed E-state index contributed by atoms with van der Waals surface area (Å²) < 4.78 is 100. The minimum atomic E-state index is -4.98. The maximum absolute atomic E-state index is 13.5. The van der Waals surface area contributed by atoms with E-state index in [1.807, 2.05) is 0 Å². The number of nitrogens with zero attached hydrogens (tertiary/aromatic N) is 1. The number of ether oxygens (including phenoxy) is 1. The maximum atomic E-state index is 13.5. The summed E-state index contributed by atoms with van der Waals surface area (Å²) in [7, 11) is 0. The van der Waals surface area contributed by atoms with Gasteiger partial charge in [0, 0.05) is 11.6 Å². The molecule has 0 spiro atoms. The van der Waals surface area contributed by atoms with Crippen LogP contribution < -0.4 is 4.73 Å². The van der Waals surface area contributed by atoms with Crippen molar-refractivity contribution in [1.29, 1.82) is 0 Å². The highest BCUT2D eigenvalue weighted by Gasteiger charge is 2.40. The summed E-state index contributed by atoms with van der Waals surface area (Å²) in [4.78, 5) is 0. The van der Waals surface area contributed by atoms with Gasteiger partial charge in [0.2, 0.25) is 5.69 Å². The second-order valence-corrected chi connectivity index (χ2v) is 8.47. The van der Waals surface area contributed by atoms with Gasteiger partial charge in [-0.15, -0.1) is 0 Å². The molecule has 3 atom stereocenters. The van der Waals surface area contributed by atoms with Crippen molar-refractivity contribution in [2.24, 2.45) is 0 Å². The van der Waals surface area contributed by atoms with Crippen LogP contribution in [0.15, 0.2) is 60.8 Å². The second-order valence-electron chi connectivity index (χ2n) is 8.47. The highest BCUT2D eigenvalue weighted by atomic mass is 19.4. The molecule has 0 amide bonds. The molecule has 0 radical (unpaired) electrons. The summed E-state index contributed by atoms with van der Waals surface area (Å²) in [5.74, 6) is -1.20. The van der Waals surface area contributed by atoms with Crippen LogP contribution >= 0.6 is 0 Å². The number of aryl methyl sites for hydroxylation is 1. The molecule has 1 aromatic heterocycles. The minimum Gasteiger partial charge on any atom is -0.618 e. The van der Waals surface area contributed by atoms with Crippen molar-refractivity contribution < 1.29 is 40.2 Å². The van der Waals surface area contributed by atoms with E-state index in [1.165, 1.54) is 37.4 Å². The molecule has 3 aromatic rings. The standard InChI is InChI=1S/C25H20F7NO2/c1-14(17-11-18(24(27,28)29)13-19(12-17)25(30,31)32)35-21-9-6-16-3-2-10-33(34)23(16)22(21)15-4-7-20(26)8-5-15/h2-5,7-8,10-14,21-22H,6,9H2,1H3/t14-,21+,22-/m1/s1. The average molecular weight is 499 g/mol. The van der Waals surface area contributed by atoms with E-state index in [1.54, 1.807) is 12.1 Å². The molecule has 0 fully saturated rings. The Kier molecular flexibility index (Phi) is 6.52. The smallest absolute Gasteiger partial charge is 0.416 e. The van der Waals surface area contributed by atoms with Gasteiger partial charge in [0.05, 0.1) is 29.3 Å². The molecule has 4 rings (SSSR count). The van der Waals surface area contributed by atoms with Gasteiger partial charge in [-0.05, 0) is 67.3 Å². The van der Waals surface area contributed by atoms with Crippen LogP contribution in [0.4, 0.5) is 30.7 Å². The predicted molar refractivity (Wildman–Crippen MR) is 112 cm³/mol.